The van der Waals surface area contributed by atoms with Crippen molar-refractivity contribution in [3.05, 3.63) is 69.3 Å². The number of nitrogens with one attached hydrogen (secondary N) is 1. The molecule has 0 saturated heterocycles. The second-order valence-corrected chi connectivity index (χ2v) is 5.17. The Morgan fingerprint density at radius 1 is 1.05 bits per heavy atom. The quantitative estimate of drug-likeness (QED) is 0.837. The van der Waals surface area contributed by atoms with E-state index < -0.39 is 6.09 Å². The molecule has 0 aliphatic carbocycles. The Labute approximate surface area is 126 Å². The van der Waals surface area contributed by atoms with E-state index in [-0.39, 0.29) is 0 Å². The van der Waals surface area contributed by atoms with Crippen molar-refractivity contribution < 1.29 is 9.53 Å². The fourth-order valence-electron chi connectivity index (χ4n) is 1.58. The molecule has 0 spiro atoms. The lowest BCUT2D eigenvalue weighted by Crippen LogP contribution is -2.24. The number of rotatable bonds is 4. The van der Waals surface area contributed by atoms with E-state index in [0.717, 1.165) is 14.7 Å². The minimum absolute atomic E-state index is 0.290. The van der Waals surface area contributed by atoms with Crippen LogP contribution >= 0.6 is 22.6 Å². The van der Waals surface area contributed by atoms with Gasteiger partial charge in [-0.05, 0) is 39.8 Å². The maximum absolute atomic E-state index is 11.6. The lowest BCUT2D eigenvalue weighted by molar-refractivity contribution is 0.139. The molecule has 0 radical (unpaired) electrons. The summed E-state index contributed by atoms with van der Waals surface area (Å²) in [6.07, 6.45) is -0.400. The van der Waals surface area contributed by atoms with E-state index in [4.69, 9.17) is 4.74 Å². The summed E-state index contributed by atoms with van der Waals surface area (Å²) in [5.74, 6) is 0. The molecule has 0 atom stereocenters. The zero-order chi connectivity index (χ0) is 13.5. The van der Waals surface area contributed by atoms with Gasteiger partial charge in [0.15, 0.2) is 0 Å². The van der Waals surface area contributed by atoms with Crippen LogP contribution in [0.25, 0.3) is 0 Å². The second-order valence-electron chi connectivity index (χ2n) is 4.01. The van der Waals surface area contributed by atoms with Crippen molar-refractivity contribution in [2.45, 2.75) is 13.2 Å². The first-order chi connectivity index (χ1) is 9.25. The van der Waals surface area contributed by atoms with Gasteiger partial charge >= 0.3 is 6.09 Å². The number of benzene rings is 2. The number of carbonyl (C=O) groups is 1. The van der Waals surface area contributed by atoms with Gasteiger partial charge in [0, 0.05) is 10.1 Å². The van der Waals surface area contributed by atoms with Crippen LogP contribution in [0.5, 0.6) is 0 Å². The summed E-state index contributed by atoms with van der Waals surface area (Å²) >= 11 is 2.25. The Kier molecular flexibility index (Phi) is 5.20. The average Bonchev–Trinajstić information content (AvgIpc) is 2.45. The summed E-state index contributed by atoms with van der Waals surface area (Å²) in [7, 11) is 0. The first-order valence-electron chi connectivity index (χ1n) is 5.93. The van der Waals surface area contributed by atoms with Gasteiger partial charge in [-0.2, -0.15) is 0 Å². The lowest BCUT2D eigenvalue weighted by atomic mass is 10.2. The summed E-state index contributed by atoms with van der Waals surface area (Å²) < 4.78 is 6.27. The van der Waals surface area contributed by atoms with Gasteiger partial charge in [0.25, 0.3) is 0 Å². The molecule has 1 N–H and O–H groups in total. The molecular weight excluding hydrogens is 353 g/mol. The summed E-state index contributed by atoms with van der Waals surface area (Å²) in [4.78, 5) is 11.6. The maximum Gasteiger partial charge on any atom is 0.407 e. The number of amides is 1. The Morgan fingerprint density at radius 2 is 1.74 bits per heavy atom. The van der Waals surface area contributed by atoms with E-state index in [1.165, 1.54) is 0 Å². The third-order valence-electron chi connectivity index (χ3n) is 2.59. The predicted octanol–water partition coefficient (Wildman–Crippen LogP) is 3.72. The van der Waals surface area contributed by atoms with Crippen LogP contribution in [0.15, 0.2) is 54.6 Å². The van der Waals surface area contributed by atoms with Crippen molar-refractivity contribution in [3.8, 4) is 0 Å². The largest absolute Gasteiger partial charge is 0.445 e. The van der Waals surface area contributed by atoms with Crippen LogP contribution in [0.4, 0.5) is 4.79 Å². The first kappa shape index (κ1) is 13.9. The van der Waals surface area contributed by atoms with Crippen molar-refractivity contribution in [3.63, 3.8) is 0 Å². The van der Waals surface area contributed by atoms with Crippen molar-refractivity contribution in [2.75, 3.05) is 0 Å². The van der Waals surface area contributed by atoms with Gasteiger partial charge in [0.2, 0.25) is 0 Å². The molecule has 19 heavy (non-hydrogen) atoms. The third kappa shape index (κ3) is 4.55. The van der Waals surface area contributed by atoms with Gasteiger partial charge in [0.1, 0.15) is 6.61 Å². The summed E-state index contributed by atoms with van der Waals surface area (Å²) in [5.41, 5.74) is 2.06. The Morgan fingerprint density at radius 3 is 2.47 bits per heavy atom. The zero-order valence-electron chi connectivity index (χ0n) is 10.3. The van der Waals surface area contributed by atoms with Crippen molar-refractivity contribution >= 4 is 28.7 Å². The van der Waals surface area contributed by atoms with Gasteiger partial charge in [-0.25, -0.2) is 4.79 Å². The van der Waals surface area contributed by atoms with Crippen LogP contribution in [-0.2, 0) is 17.9 Å². The summed E-state index contributed by atoms with van der Waals surface area (Å²) in [6.45, 7) is 0.769. The number of hydrogen-bond acceptors (Lipinski definition) is 2. The van der Waals surface area contributed by atoms with Crippen molar-refractivity contribution in [1.82, 2.24) is 5.32 Å². The van der Waals surface area contributed by atoms with E-state index >= 15 is 0 Å². The summed E-state index contributed by atoms with van der Waals surface area (Å²) in [6, 6.07) is 17.5. The minimum atomic E-state index is -0.400. The zero-order valence-corrected chi connectivity index (χ0v) is 12.5. The number of alkyl carbamates (subject to hydrolysis) is 1. The standard InChI is InChI=1S/C15H14INO2/c16-14-9-5-4-8-13(14)10-17-15(18)19-11-12-6-2-1-3-7-12/h1-9H,10-11H2,(H,17,18). The average molecular weight is 367 g/mol. The molecule has 0 aliphatic heterocycles. The molecule has 0 bridgehead atoms. The van der Waals surface area contributed by atoms with Gasteiger partial charge in [-0.15, -0.1) is 0 Å². The van der Waals surface area contributed by atoms with Crippen LogP contribution in [-0.4, -0.2) is 6.09 Å². The van der Waals surface area contributed by atoms with E-state index in [0.29, 0.717) is 13.2 Å². The molecule has 0 saturated carbocycles. The highest BCUT2D eigenvalue weighted by Gasteiger charge is 2.04. The smallest absolute Gasteiger partial charge is 0.407 e. The van der Waals surface area contributed by atoms with Crippen molar-refractivity contribution in [2.24, 2.45) is 0 Å². The highest BCUT2D eigenvalue weighted by Crippen LogP contribution is 2.10. The van der Waals surface area contributed by atoms with Crippen LogP contribution in [0.3, 0.4) is 0 Å². The molecule has 4 heteroatoms. The molecule has 0 heterocycles. The molecule has 2 rings (SSSR count). The Bertz CT molecular complexity index is 543. The highest BCUT2D eigenvalue weighted by atomic mass is 127. The van der Waals surface area contributed by atoms with E-state index in [9.17, 15) is 4.79 Å². The Hall–Kier alpha value is -1.56. The normalized spacial score (nSPS) is 9.95. The molecule has 0 aliphatic rings. The van der Waals surface area contributed by atoms with Gasteiger partial charge in [-0.1, -0.05) is 48.5 Å². The fourth-order valence-corrected chi connectivity index (χ4v) is 2.16. The molecule has 3 nitrogen and oxygen atoms in total. The van der Waals surface area contributed by atoms with E-state index in [1.807, 2.05) is 54.6 Å². The molecule has 0 aromatic heterocycles. The number of halogens is 1. The first-order valence-corrected chi connectivity index (χ1v) is 7.01. The fraction of sp³-hybridized carbons (Fsp3) is 0.133. The molecule has 0 fully saturated rings. The predicted molar refractivity (Wildman–Crippen MR) is 82.6 cm³/mol. The minimum Gasteiger partial charge on any atom is -0.445 e. The monoisotopic (exact) mass is 367 g/mol. The Balaban J connectivity index is 1.78. The number of ether oxygens (including phenoxy) is 1. The van der Waals surface area contributed by atoms with Gasteiger partial charge in [0.05, 0.1) is 0 Å². The molecule has 0 unspecified atom stereocenters. The molecule has 2 aromatic rings. The van der Waals surface area contributed by atoms with Gasteiger partial charge in [-0.3, -0.25) is 0 Å². The third-order valence-corrected chi connectivity index (χ3v) is 3.65. The molecule has 1 amide bonds. The van der Waals surface area contributed by atoms with Crippen LogP contribution < -0.4 is 5.32 Å². The van der Waals surface area contributed by atoms with Gasteiger partial charge < -0.3 is 10.1 Å². The summed E-state index contributed by atoms with van der Waals surface area (Å²) in [5, 5.41) is 2.74. The lowest BCUT2D eigenvalue weighted by Gasteiger charge is -2.08. The number of hydrogen-bond donors (Lipinski definition) is 1. The van der Waals surface area contributed by atoms with Crippen LogP contribution in [0, 0.1) is 3.57 Å². The maximum atomic E-state index is 11.6. The molecule has 2 aromatic carbocycles. The molecular formula is C15H14INO2. The van der Waals surface area contributed by atoms with E-state index in [2.05, 4.69) is 27.9 Å². The SMILES string of the molecule is O=C(NCc1ccccc1I)OCc1ccccc1. The van der Waals surface area contributed by atoms with E-state index in [1.54, 1.807) is 0 Å². The highest BCUT2D eigenvalue weighted by molar-refractivity contribution is 14.1. The second kappa shape index (κ2) is 7.13. The van der Waals surface area contributed by atoms with Crippen molar-refractivity contribution in [1.29, 1.82) is 0 Å². The topological polar surface area (TPSA) is 38.3 Å². The van der Waals surface area contributed by atoms with Crippen LogP contribution in [0.1, 0.15) is 11.1 Å². The van der Waals surface area contributed by atoms with Crippen LogP contribution in [0.2, 0.25) is 0 Å². The number of carbonyl (C=O) groups excluding carboxylic acids is 1. The molecule has 98 valence electrons.